The minimum Gasteiger partial charge on any atom is -0.453 e. The average Bonchev–Trinajstić information content (AvgIpc) is 2.57. The van der Waals surface area contributed by atoms with Crippen LogP contribution in [0, 0.1) is 24.7 Å². The molecule has 0 amide bonds. The molecule has 0 spiro atoms. The molecule has 1 aromatic rings. The summed E-state index contributed by atoms with van der Waals surface area (Å²) in [7, 11) is -3.92. The van der Waals surface area contributed by atoms with Gasteiger partial charge < -0.3 is 4.74 Å². The van der Waals surface area contributed by atoms with Crippen molar-refractivity contribution in [1.29, 1.82) is 0 Å². The summed E-state index contributed by atoms with van der Waals surface area (Å²) >= 11 is 0. The van der Waals surface area contributed by atoms with Crippen molar-refractivity contribution in [2.24, 2.45) is 17.8 Å². The average molecular weight is 376 g/mol. The van der Waals surface area contributed by atoms with Gasteiger partial charge in [0.1, 0.15) is 11.7 Å². The number of hydrogen-bond acceptors (Lipinski definition) is 5. The maximum absolute atomic E-state index is 12.9. The van der Waals surface area contributed by atoms with E-state index in [9.17, 15) is 13.2 Å². The summed E-state index contributed by atoms with van der Waals surface area (Å²) in [6.45, 7) is 5.32. The fraction of sp³-hybridized carbons (Fsp3) is 0.550. The van der Waals surface area contributed by atoms with E-state index < -0.39 is 27.8 Å². The van der Waals surface area contributed by atoms with Crippen molar-refractivity contribution in [3.63, 3.8) is 0 Å². The fourth-order valence-corrected chi connectivity index (χ4v) is 6.72. The molecule has 1 aromatic carbocycles. The summed E-state index contributed by atoms with van der Waals surface area (Å²) in [5, 5.41) is 0. The van der Waals surface area contributed by atoms with Crippen molar-refractivity contribution < 1.29 is 22.1 Å². The largest absolute Gasteiger partial charge is 0.453 e. The lowest BCUT2D eigenvalue weighted by Crippen LogP contribution is -2.63. The molecule has 3 unspecified atom stereocenters. The van der Waals surface area contributed by atoms with E-state index in [4.69, 9.17) is 8.92 Å². The first-order chi connectivity index (χ1) is 12.3. The highest BCUT2D eigenvalue weighted by molar-refractivity contribution is 7.86. The molecule has 0 heterocycles. The second-order valence-electron chi connectivity index (χ2n) is 8.08. The predicted octanol–water partition coefficient (Wildman–Crippen LogP) is 3.38. The van der Waals surface area contributed by atoms with Gasteiger partial charge in [-0.1, -0.05) is 18.7 Å². The minimum absolute atomic E-state index is 0.110. The molecule has 0 aliphatic heterocycles. The van der Waals surface area contributed by atoms with Crippen LogP contribution >= 0.6 is 0 Å². The van der Waals surface area contributed by atoms with Gasteiger partial charge in [-0.05, 0) is 74.5 Å². The van der Waals surface area contributed by atoms with E-state index in [1.54, 1.807) is 18.2 Å². The molecule has 4 bridgehead atoms. The highest BCUT2D eigenvalue weighted by Crippen LogP contribution is 2.58. The zero-order chi connectivity index (χ0) is 18.5. The van der Waals surface area contributed by atoms with E-state index in [1.165, 1.54) is 0 Å². The Morgan fingerprint density at radius 2 is 1.92 bits per heavy atom. The molecule has 26 heavy (non-hydrogen) atoms. The molecule has 4 aliphatic carbocycles. The van der Waals surface area contributed by atoms with Gasteiger partial charge in [0.2, 0.25) is 0 Å². The highest BCUT2D eigenvalue weighted by Gasteiger charge is 2.61. The smallest absolute Gasteiger partial charge is 0.330 e. The molecule has 140 valence electrons. The Hall–Kier alpha value is -1.66. The van der Waals surface area contributed by atoms with Gasteiger partial charge in [0.25, 0.3) is 10.1 Å². The van der Waals surface area contributed by atoms with Gasteiger partial charge in [-0.2, -0.15) is 8.42 Å². The number of hydrogen-bond donors (Lipinski definition) is 0. The second kappa shape index (κ2) is 6.20. The molecular formula is C20H24O5S. The van der Waals surface area contributed by atoms with Gasteiger partial charge in [0, 0.05) is 6.08 Å². The normalized spacial score (nSPS) is 35.3. The van der Waals surface area contributed by atoms with Gasteiger partial charge in [0.05, 0.1) is 4.90 Å². The lowest BCUT2D eigenvalue weighted by atomic mass is 9.53. The second-order valence-corrected chi connectivity index (χ2v) is 9.66. The Morgan fingerprint density at radius 1 is 1.23 bits per heavy atom. The lowest BCUT2D eigenvalue weighted by Gasteiger charge is -2.58. The maximum Gasteiger partial charge on any atom is 0.330 e. The molecule has 4 saturated carbocycles. The third kappa shape index (κ3) is 2.99. The third-order valence-corrected chi connectivity index (χ3v) is 7.42. The van der Waals surface area contributed by atoms with Crippen LogP contribution < -0.4 is 0 Å². The number of esters is 1. The van der Waals surface area contributed by atoms with Crippen LogP contribution in [0.4, 0.5) is 0 Å². The van der Waals surface area contributed by atoms with E-state index in [0.29, 0.717) is 24.7 Å². The number of benzene rings is 1. The third-order valence-electron chi connectivity index (χ3n) is 6.13. The van der Waals surface area contributed by atoms with Crippen molar-refractivity contribution in [3.8, 4) is 0 Å². The molecule has 4 aliphatic rings. The number of ether oxygens (including phenoxy) is 1. The van der Waals surface area contributed by atoms with Crippen LogP contribution in [-0.4, -0.2) is 26.1 Å². The van der Waals surface area contributed by atoms with Crippen LogP contribution in [0.15, 0.2) is 41.8 Å². The summed E-state index contributed by atoms with van der Waals surface area (Å²) in [6.07, 6.45) is 4.90. The van der Waals surface area contributed by atoms with Gasteiger partial charge >= 0.3 is 5.97 Å². The van der Waals surface area contributed by atoms with Crippen molar-refractivity contribution in [2.45, 2.75) is 55.6 Å². The van der Waals surface area contributed by atoms with Crippen molar-refractivity contribution in [1.82, 2.24) is 0 Å². The zero-order valence-electron chi connectivity index (χ0n) is 14.9. The monoisotopic (exact) mass is 376 g/mol. The van der Waals surface area contributed by atoms with Crippen LogP contribution in [0.3, 0.4) is 0 Å². The molecule has 0 N–H and O–H groups in total. The highest BCUT2D eigenvalue weighted by atomic mass is 32.2. The molecule has 4 fully saturated rings. The van der Waals surface area contributed by atoms with Crippen molar-refractivity contribution in [3.05, 3.63) is 42.5 Å². The summed E-state index contributed by atoms with van der Waals surface area (Å²) in [5.74, 6) is 0.560. The molecule has 5 nitrogen and oxygen atoms in total. The van der Waals surface area contributed by atoms with Crippen LogP contribution in [0.1, 0.15) is 37.7 Å². The molecule has 3 atom stereocenters. The topological polar surface area (TPSA) is 69.7 Å². The minimum atomic E-state index is -3.92. The molecule has 5 rings (SSSR count). The van der Waals surface area contributed by atoms with E-state index >= 15 is 0 Å². The lowest BCUT2D eigenvalue weighted by molar-refractivity contribution is -0.216. The van der Waals surface area contributed by atoms with E-state index in [2.05, 4.69) is 6.58 Å². The zero-order valence-corrected chi connectivity index (χ0v) is 15.7. The van der Waals surface area contributed by atoms with Crippen molar-refractivity contribution in [2.75, 3.05) is 0 Å². The summed E-state index contributed by atoms with van der Waals surface area (Å²) in [6, 6.07) is 6.69. The van der Waals surface area contributed by atoms with Gasteiger partial charge in [-0.15, -0.1) is 0 Å². The van der Waals surface area contributed by atoms with Crippen LogP contribution in [0.25, 0.3) is 0 Å². The van der Waals surface area contributed by atoms with Crippen LogP contribution in [-0.2, 0) is 23.8 Å². The Kier molecular flexibility index (Phi) is 4.23. The Labute approximate surface area is 154 Å². The van der Waals surface area contributed by atoms with Gasteiger partial charge in [0.15, 0.2) is 0 Å². The van der Waals surface area contributed by atoms with Gasteiger partial charge in [-0.3, -0.25) is 4.18 Å². The Morgan fingerprint density at radius 3 is 2.54 bits per heavy atom. The number of rotatable bonds is 5. The summed E-state index contributed by atoms with van der Waals surface area (Å²) in [5.41, 5.74) is 0.00394. The first-order valence-electron chi connectivity index (χ1n) is 9.17. The quantitative estimate of drug-likeness (QED) is 0.448. The predicted molar refractivity (Wildman–Crippen MR) is 95.8 cm³/mol. The summed E-state index contributed by atoms with van der Waals surface area (Å²) in [4.78, 5) is 12.1. The van der Waals surface area contributed by atoms with Crippen LogP contribution in [0.2, 0.25) is 0 Å². The molecule has 0 aromatic heterocycles. The molecule has 0 radical (unpaired) electrons. The maximum atomic E-state index is 12.9. The van der Waals surface area contributed by atoms with Gasteiger partial charge in [-0.25, -0.2) is 4.79 Å². The number of aryl methyl sites for hydroxylation is 1. The van der Waals surface area contributed by atoms with E-state index in [0.717, 1.165) is 30.9 Å². The SMILES string of the molecule is C=CC(=O)OC12CC3CC(CC(C3)C1OS(=O)(=O)c1cccc(C)c1)C2. The summed E-state index contributed by atoms with van der Waals surface area (Å²) < 4.78 is 37.3. The molecule has 0 saturated heterocycles. The van der Waals surface area contributed by atoms with E-state index in [1.807, 2.05) is 13.0 Å². The first-order valence-corrected chi connectivity index (χ1v) is 10.6. The van der Waals surface area contributed by atoms with E-state index in [-0.39, 0.29) is 10.8 Å². The Balaban J connectivity index is 1.67. The van der Waals surface area contributed by atoms with Crippen LogP contribution in [0.5, 0.6) is 0 Å². The number of carbonyl (C=O) groups excluding carboxylic acids is 1. The molecule has 6 heteroatoms. The Bertz CT molecular complexity index is 830. The fourth-order valence-electron chi connectivity index (χ4n) is 5.43. The number of carbonyl (C=O) groups is 1. The molecular weight excluding hydrogens is 352 g/mol. The standard InChI is InChI=1S/C20H24O5S/c1-3-18(21)24-20-11-14-8-15(12-20)10-16(9-14)19(20)25-26(22,23)17-6-4-5-13(2)7-17/h3-7,14-16,19H,1,8-12H2,2H3. The van der Waals surface area contributed by atoms with Crippen molar-refractivity contribution >= 4 is 16.1 Å². The first kappa shape index (κ1) is 17.7.